The Kier molecular flexibility index (Phi) is 2.32. The first kappa shape index (κ1) is 10.3. The van der Waals surface area contributed by atoms with E-state index in [-0.39, 0.29) is 16.0 Å². The average Bonchev–Trinajstić information content (AvgIpc) is 2.15. The molecule has 0 bridgehead atoms. The number of rotatable bonds is 1. The quantitative estimate of drug-likeness (QED) is 0.554. The van der Waals surface area contributed by atoms with Crippen molar-refractivity contribution in [3.8, 4) is 0 Å². The minimum Gasteiger partial charge on any atom is -0.226 e. The van der Waals surface area contributed by atoms with Gasteiger partial charge in [0.15, 0.2) is 5.65 Å². The highest BCUT2D eigenvalue weighted by Gasteiger charge is 2.11. The zero-order valence-electron chi connectivity index (χ0n) is 7.68. The van der Waals surface area contributed by atoms with Crippen LogP contribution in [0.3, 0.4) is 0 Å². The number of nitrogens with zero attached hydrogens (tertiary/aromatic N) is 3. The molecule has 7 heteroatoms. The Bertz CT molecular complexity index is 627. The summed E-state index contributed by atoms with van der Waals surface area (Å²) in [4.78, 5) is 11.4. The first-order valence-corrected chi connectivity index (χ1v) is 6.23. The molecule has 0 aromatic carbocycles. The maximum Gasteiger partial charge on any atom is 0.248 e. The fourth-order valence-corrected chi connectivity index (χ4v) is 1.69. The van der Waals surface area contributed by atoms with Gasteiger partial charge in [0.25, 0.3) is 0 Å². The van der Waals surface area contributed by atoms with Gasteiger partial charge in [-0.3, -0.25) is 0 Å². The second-order valence-corrected chi connectivity index (χ2v) is 5.27. The van der Waals surface area contributed by atoms with Gasteiger partial charge in [-0.05, 0) is 12.1 Å². The van der Waals surface area contributed by atoms with Crippen LogP contribution in [0.1, 0.15) is 0 Å². The minimum atomic E-state index is -3.41. The number of fused-ring (bicyclic) bond motifs is 1. The van der Waals surface area contributed by atoms with Crippen LogP contribution in [0.2, 0.25) is 5.15 Å². The average molecular weight is 244 g/mol. The van der Waals surface area contributed by atoms with E-state index in [0.717, 1.165) is 6.26 Å². The third-order valence-corrected chi connectivity index (χ3v) is 2.79. The maximum absolute atomic E-state index is 11.2. The van der Waals surface area contributed by atoms with Crippen LogP contribution in [0.15, 0.2) is 23.5 Å². The molecule has 2 heterocycles. The predicted molar refractivity (Wildman–Crippen MR) is 55.5 cm³/mol. The van der Waals surface area contributed by atoms with E-state index in [1.807, 2.05) is 0 Å². The number of halogens is 1. The lowest BCUT2D eigenvalue weighted by molar-refractivity contribution is 0.593. The summed E-state index contributed by atoms with van der Waals surface area (Å²) in [5.74, 6) is 0. The number of hydrogen-bond acceptors (Lipinski definition) is 5. The smallest absolute Gasteiger partial charge is 0.226 e. The van der Waals surface area contributed by atoms with Crippen LogP contribution < -0.4 is 0 Å². The van der Waals surface area contributed by atoms with Crippen molar-refractivity contribution in [3.63, 3.8) is 0 Å². The Morgan fingerprint density at radius 1 is 1.27 bits per heavy atom. The van der Waals surface area contributed by atoms with E-state index in [9.17, 15) is 8.42 Å². The molecule has 0 atom stereocenters. The Labute approximate surface area is 91.1 Å². The molecular weight excluding hydrogens is 238 g/mol. The first-order chi connectivity index (χ1) is 6.97. The molecule has 0 aliphatic carbocycles. The van der Waals surface area contributed by atoms with Crippen molar-refractivity contribution in [1.29, 1.82) is 0 Å². The number of sulfone groups is 1. The summed E-state index contributed by atoms with van der Waals surface area (Å²) in [6, 6.07) is 3.27. The van der Waals surface area contributed by atoms with Crippen molar-refractivity contribution >= 4 is 32.5 Å². The Hall–Kier alpha value is -1.27. The summed E-state index contributed by atoms with van der Waals surface area (Å²) in [7, 11) is -3.41. The van der Waals surface area contributed by atoms with Crippen LogP contribution >= 0.6 is 11.6 Å². The van der Waals surface area contributed by atoms with Crippen LogP contribution in [-0.2, 0) is 9.84 Å². The first-order valence-electron chi connectivity index (χ1n) is 3.96. The third kappa shape index (κ3) is 2.05. The lowest BCUT2D eigenvalue weighted by Crippen LogP contribution is -2.04. The van der Waals surface area contributed by atoms with Gasteiger partial charge in [-0.25, -0.2) is 18.4 Å². The van der Waals surface area contributed by atoms with Crippen molar-refractivity contribution in [3.05, 3.63) is 23.5 Å². The monoisotopic (exact) mass is 243 g/mol. The van der Waals surface area contributed by atoms with Gasteiger partial charge in [0.1, 0.15) is 5.15 Å². The van der Waals surface area contributed by atoms with Crippen LogP contribution in [0.5, 0.6) is 0 Å². The number of aromatic nitrogens is 3. The topological polar surface area (TPSA) is 72.8 Å². The largest absolute Gasteiger partial charge is 0.248 e. The Morgan fingerprint density at radius 2 is 2.00 bits per heavy atom. The molecule has 5 nitrogen and oxygen atoms in total. The van der Waals surface area contributed by atoms with Gasteiger partial charge in [-0.15, -0.1) is 0 Å². The fourth-order valence-electron chi connectivity index (χ4n) is 1.05. The van der Waals surface area contributed by atoms with E-state index >= 15 is 0 Å². The molecular formula is C8H6ClN3O2S. The van der Waals surface area contributed by atoms with Crippen LogP contribution in [0, 0.1) is 0 Å². The molecule has 15 heavy (non-hydrogen) atoms. The normalized spacial score (nSPS) is 11.9. The number of hydrogen-bond donors (Lipinski definition) is 0. The summed E-state index contributed by atoms with van der Waals surface area (Å²) in [5.41, 5.74) is 0.276. The molecule has 0 unspecified atom stereocenters. The molecule has 0 radical (unpaired) electrons. The maximum atomic E-state index is 11.2. The summed E-state index contributed by atoms with van der Waals surface area (Å²) in [6.07, 6.45) is 2.45. The highest BCUT2D eigenvalue weighted by Crippen LogP contribution is 2.13. The highest BCUT2D eigenvalue weighted by molar-refractivity contribution is 7.90. The molecule has 2 aromatic rings. The van der Waals surface area contributed by atoms with Crippen LogP contribution in [0.4, 0.5) is 0 Å². The van der Waals surface area contributed by atoms with E-state index < -0.39 is 9.84 Å². The van der Waals surface area contributed by atoms with E-state index in [1.54, 1.807) is 12.1 Å². The van der Waals surface area contributed by atoms with Gasteiger partial charge in [-0.1, -0.05) is 11.6 Å². The zero-order valence-corrected chi connectivity index (χ0v) is 9.25. The molecule has 2 aromatic heterocycles. The summed E-state index contributed by atoms with van der Waals surface area (Å²) in [5, 5.41) is 0.664. The van der Waals surface area contributed by atoms with Crippen LogP contribution in [0.25, 0.3) is 11.0 Å². The molecule has 0 fully saturated rings. The van der Waals surface area contributed by atoms with E-state index in [1.165, 1.54) is 6.20 Å². The van der Waals surface area contributed by atoms with Gasteiger partial charge in [0.05, 0.1) is 0 Å². The highest BCUT2D eigenvalue weighted by atomic mass is 35.5. The second-order valence-electron chi connectivity index (χ2n) is 2.97. The lowest BCUT2D eigenvalue weighted by atomic mass is 10.3. The van der Waals surface area contributed by atoms with Crippen molar-refractivity contribution in [2.75, 3.05) is 6.26 Å². The van der Waals surface area contributed by atoms with E-state index in [0.29, 0.717) is 5.39 Å². The molecule has 78 valence electrons. The summed E-state index contributed by atoms with van der Waals surface area (Å²) in [6.45, 7) is 0. The van der Waals surface area contributed by atoms with Gasteiger partial charge < -0.3 is 0 Å². The molecule has 0 N–H and O–H groups in total. The standard InChI is InChI=1S/C8H6ClN3O2S/c1-15(13,14)8-10-4-5-2-3-6(9)11-7(5)12-8/h2-4H,1H3. The summed E-state index contributed by atoms with van der Waals surface area (Å²) < 4.78 is 22.4. The van der Waals surface area contributed by atoms with Crippen LogP contribution in [-0.4, -0.2) is 29.6 Å². The molecule has 0 saturated heterocycles. The van der Waals surface area contributed by atoms with Crippen molar-refractivity contribution in [1.82, 2.24) is 15.0 Å². The molecule has 0 aliphatic rings. The second kappa shape index (κ2) is 3.39. The Morgan fingerprint density at radius 3 is 2.67 bits per heavy atom. The molecule has 2 rings (SSSR count). The van der Waals surface area contributed by atoms with Gasteiger partial charge in [0, 0.05) is 17.8 Å². The van der Waals surface area contributed by atoms with Crippen molar-refractivity contribution < 1.29 is 8.42 Å². The van der Waals surface area contributed by atoms with Gasteiger partial charge in [-0.2, -0.15) is 4.98 Å². The van der Waals surface area contributed by atoms with Gasteiger partial charge in [0.2, 0.25) is 15.0 Å². The molecule has 0 saturated carbocycles. The molecule has 0 spiro atoms. The lowest BCUT2D eigenvalue weighted by Gasteiger charge is -1.99. The van der Waals surface area contributed by atoms with E-state index in [4.69, 9.17) is 11.6 Å². The fraction of sp³-hybridized carbons (Fsp3) is 0.125. The zero-order chi connectivity index (χ0) is 11.1. The molecule has 0 amide bonds. The Balaban J connectivity index is 2.75. The third-order valence-electron chi connectivity index (χ3n) is 1.72. The molecule has 0 aliphatic heterocycles. The van der Waals surface area contributed by atoms with E-state index in [2.05, 4.69) is 15.0 Å². The minimum absolute atomic E-state index is 0.246. The van der Waals surface area contributed by atoms with Crippen molar-refractivity contribution in [2.45, 2.75) is 5.16 Å². The SMILES string of the molecule is CS(=O)(=O)c1ncc2ccc(Cl)nc2n1. The van der Waals surface area contributed by atoms with Crippen molar-refractivity contribution in [2.24, 2.45) is 0 Å². The van der Waals surface area contributed by atoms with Gasteiger partial charge >= 0.3 is 0 Å². The predicted octanol–water partition coefficient (Wildman–Crippen LogP) is 1.08. The number of pyridine rings is 1. The summed E-state index contributed by atoms with van der Waals surface area (Å²) >= 11 is 5.66.